The monoisotopic (exact) mass is 310 g/mol. The van der Waals surface area contributed by atoms with E-state index in [1.54, 1.807) is 24.4 Å². The number of methoxy groups -OCH3 is 1. The zero-order chi connectivity index (χ0) is 15.3. The molecule has 21 heavy (non-hydrogen) atoms. The second-order valence-corrected chi connectivity index (χ2v) is 6.03. The van der Waals surface area contributed by atoms with Gasteiger partial charge in [-0.2, -0.15) is 9.82 Å². The highest BCUT2D eigenvalue weighted by Gasteiger charge is 2.25. The second kappa shape index (κ2) is 6.79. The van der Waals surface area contributed by atoms with E-state index in [0.29, 0.717) is 12.2 Å². The molecule has 1 N–H and O–H groups in total. The number of aromatic nitrogens is 3. The summed E-state index contributed by atoms with van der Waals surface area (Å²) in [5.74, 6) is 0. The van der Waals surface area contributed by atoms with Gasteiger partial charge in [0.2, 0.25) is 0 Å². The maximum Gasteiger partial charge on any atom is 0.258 e. The van der Waals surface area contributed by atoms with Crippen LogP contribution in [0.15, 0.2) is 41.7 Å². The lowest BCUT2D eigenvalue weighted by Crippen LogP contribution is -2.33. The van der Waals surface area contributed by atoms with Crippen molar-refractivity contribution in [2.45, 2.75) is 24.5 Å². The van der Waals surface area contributed by atoms with E-state index in [2.05, 4.69) is 14.8 Å². The zero-order valence-corrected chi connectivity index (χ0v) is 12.7. The Morgan fingerprint density at radius 1 is 1.33 bits per heavy atom. The minimum Gasteiger partial charge on any atom is -0.383 e. The van der Waals surface area contributed by atoms with Crippen molar-refractivity contribution in [3.8, 4) is 0 Å². The van der Waals surface area contributed by atoms with E-state index in [1.807, 2.05) is 6.92 Å². The molecule has 8 heteroatoms. The molecule has 0 fully saturated rings. The van der Waals surface area contributed by atoms with Crippen molar-refractivity contribution in [3.63, 3.8) is 0 Å². The Balaban J connectivity index is 2.28. The van der Waals surface area contributed by atoms with Gasteiger partial charge in [0.1, 0.15) is 0 Å². The fraction of sp³-hybridized carbons (Fsp3) is 0.385. The summed E-state index contributed by atoms with van der Waals surface area (Å²) in [5, 5.41) is 4.10. The molecule has 0 spiro atoms. The highest BCUT2D eigenvalue weighted by molar-refractivity contribution is 7.89. The first-order valence-electron chi connectivity index (χ1n) is 6.52. The Kier molecular flexibility index (Phi) is 5.05. The minimum absolute atomic E-state index is 0.127. The number of sulfonamides is 1. The van der Waals surface area contributed by atoms with Crippen LogP contribution in [-0.2, 0) is 21.3 Å². The van der Waals surface area contributed by atoms with E-state index >= 15 is 0 Å². The van der Waals surface area contributed by atoms with E-state index in [1.165, 1.54) is 24.1 Å². The van der Waals surface area contributed by atoms with Crippen LogP contribution in [0.1, 0.15) is 18.7 Å². The van der Waals surface area contributed by atoms with E-state index in [0.717, 1.165) is 0 Å². The van der Waals surface area contributed by atoms with Crippen LogP contribution in [0.4, 0.5) is 0 Å². The number of nitrogens with zero attached hydrogens (tertiary/aromatic N) is 3. The van der Waals surface area contributed by atoms with Crippen molar-refractivity contribution in [1.29, 1.82) is 0 Å². The van der Waals surface area contributed by atoms with Crippen LogP contribution < -0.4 is 4.72 Å². The summed E-state index contributed by atoms with van der Waals surface area (Å²) in [6, 6.07) is 6.24. The number of hydrogen-bond donors (Lipinski definition) is 1. The lowest BCUT2D eigenvalue weighted by atomic mass is 10.2. The highest BCUT2D eigenvalue weighted by Crippen LogP contribution is 2.15. The summed E-state index contributed by atoms with van der Waals surface area (Å²) in [5.41, 5.74) is 0.602. The highest BCUT2D eigenvalue weighted by atomic mass is 32.2. The molecule has 0 aliphatic carbocycles. The lowest BCUT2D eigenvalue weighted by Gasteiger charge is -2.17. The average molecular weight is 310 g/mol. The molecule has 0 aliphatic heterocycles. The SMILES string of the molecule is CCn1nccc1S(=O)(=O)NC(COC)c1ccccn1. The molecule has 0 bridgehead atoms. The normalized spacial score (nSPS) is 13.2. The molecule has 114 valence electrons. The predicted octanol–water partition coefficient (Wildman–Crippen LogP) is 0.964. The van der Waals surface area contributed by atoms with E-state index in [4.69, 9.17) is 4.74 Å². The number of nitrogens with one attached hydrogen (secondary N) is 1. The van der Waals surface area contributed by atoms with Gasteiger partial charge in [-0.3, -0.25) is 9.67 Å². The average Bonchev–Trinajstić information content (AvgIpc) is 2.97. The molecule has 2 heterocycles. The Morgan fingerprint density at radius 3 is 2.76 bits per heavy atom. The van der Waals surface area contributed by atoms with Crippen LogP contribution in [0.5, 0.6) is 0 Å². The smallest absolute Gasteiger partial charge is 0.258 e. The van der Waals surface area contributed by atoms with Crippen molar-refractivity contribution in [3.05, 3.63) is 42.4 Å². The molecule has 1 atom stereocenters. The van der Waals surface area contributed by atoms with Crippen LogP contribution in [0.25, 0.3) is 0 Å². The molecule has 0 saturated heterocycles. The Labute approximate surface area is 124 Å². The summed E-state index contributed by atoms with van der Waals surface area (Å²) in [4.78, 5) is 4.18. The predicted molar refractivity (Wildman–Crippen MR) is 77.1 cm³/mol. The number of aryl methyl sites for hydroxylation is 1. The number of rotatable bonds is 7. The molecule has 0 aliphatic rings. The quantitative estimate of drug-likeness (QED) is 0.823. The third-order valence-electron chi connectivity index (χ3n) is 2.93. The van der Waals surface area contributed by atoms with Gasteiger partial charge >= 0.3 is 0 Å². The molecule has 2 rings (SSSR count). The molecule has 0 aromatic carbocycles. The standard InChI is InChI=1S/C13H18N4O3S/c1-3-17-13(7-9-15-17)21(18,19)16-12(10-20-2)11-6-4-5-8-14-11/h4-9,12,16H,3,10H2,1-2H3. The molecular formula is C13H18N4O3S. The summed E-state index contributed by atoms with van der Waals surface area (Å²) in [6.45, 7) is 2.50. The van der Waals surface area contributed by atoms with Gasteiger partial charge in [-0.1, -0.05) is 6.07 Å². The van der Waals surface area contributed by atoms with Crippen LogP contribution in [0.2, 0.25) is 0 Å². The van der Waals surface area contributed by atoms with Crippen LogP contribution in [0.3, 0.4) is 0 Å². The van der Waals surface area contributed by atoms with Crippen LogP contribution in [0, 0.1) is 0 Å². The zero-order valence-electron chi connectivity index (χ0n) is 11.9. The van der Waals surface area contributed by atoms with Crippen molar-refractivity contribution in [2.24, 2.45) is 0 Å². The minimum atomic E-state index is -3.70. The molecular weight excluding hydrogens is 292 g/mol. The first-order chi connectivity index (χ1) is 10.1. The maximum absolute atomic E-state index is 12.5. The van der Waals surface area contributed by atoms with Gasteiger partial charge in [-0.05, 0) is 25.1 Å². The summed E-state index contributed by atoms with van der Waals surface area (Å²) in [7, 11) is -2.18. The molecule has 1 unspecified atom stereocenters. The molecule has 0 saturated carbocycles. The molecule has 0 radical (unpaired) electrons. The van der Waals surface area contributed by atoms with E-state index in [9.17, 15) is 8.42 Å². The van der Waals surface area contributed by atoms with Gasteiger partial charge in [0.25, 0.3) is 10.0 Å². The van der Waals surface area contributed by atoms with Crippen LogP contribution in [-0.4, -0.2) is 36.9 Å². The second-order valence-electron chi connectivity index (χ2n) is 4.37. The van der Waals surface area contributed by atoms with Gasteiger partial charge < -0.3 is 4.74 Å². The van der Waals surface area contributed by atoms with Crippen molar-refractivity contribution in [2.75, 3.05) is 13.7 Å². The molecule has 2 aromatic heterocycles. The topological polar surface area (TPSA) is 86.1 Å². The van der Waals surface area contributed by atoms with E-state index < -0.39 is 16.1 Å². The Bertz CT molecular complexity index is 670. The fourth-order valence-electron chi connectivity index (χ4n) is 1.96. The fourth-order valence-corrected chi connectivity index (χ4v) is 3.34. The third kappa shape index (κ3) is 3.66. The number of pyridine rings is 1. The van der Waals surface area contributed by atoms with Gasteiger partial charge in [0.15, 0.2) is 5.03 Å². The Morgan fingerprint density at radius 2 is 2.14 bits per heavy atom. The summed E-state index contributed by atoms with van der Waals surface area (Å²) < 4.78 is 34.1. The molecule has 0 amide bonds. The van der Waals surface area contributed by atoms with Gasteiger partial charge in [-0.25, -0.2) is 8.42 Å². The summed E-state index contributed by atoms with van der Waals surface area (Å²) in [6.07, 6.45) is 3.08. The summed E-state index contributed by atoms with van der Waals surface area (Å²) >= 11 is 0. The maximum atomic E-state index is 12.5. The van der Waals surface area contributed by atoms with Crippen LogP contribution >= 0.6 is 0 Å². The first-order valence-corrected chi connectivity index (χ1v) is 8.00. The van der Waals surface area contributed by atoms with Gasteiger partial charge in [0.05, 0.1) is 24.5 Å². The van der Waals surface area contributed by atoms with Gasteiger partial charge in [-0.15, -0.1) is 0 Å². The molecule has 7 nitrogen and oxygen atoms in total. The first kappa shape index (κ1) is 15.6. The Hall–Kier alpha value is -1.77. The van der Waals surface area contributed by atoms with Crippen molar-refractivity contribution < 1.29 is 13.2 Å². The lowest BCUT2D eigenvalue weighted by molar-refractivity contribution is 0.174. The number of ether oxygens (including phenoxy) is 1. The molecule has 2 aromatic rings. The van der Waals surface area contributed by atoms with Crippen molar-refractivity contribution >= 4 is 10.0 Å². The van der Waals surface area contributed by atoms with Crippen molar-refractivity contribution in [1.82, 2.24) is 19.5 Å². The third-order valence-corrected chi connectivity index (χ3v) is 4.42. The largest absolute Gasteiger partial charge is 0.383 e. The van der Waals surface area contributed by atoms with Gasteiger partial charge in [0, 0.05) is 19.9 Å². The number of hydrogen-bond acceptors (Lipinski definition) is 5. The van der Waals surface area contributed by atoms with E-state index in [-0.39, 0.29) is 11.6 Å².